The van der Waals surface area contributed by atoms with Crippen molar-refractivity contribution in [2.45, 2.75) is 38.8 Å². The van der Waals surface area contributed by atoms with E-state index in [0.717, 1.165) is 12.8 Å². The summed E-state index contributed by atoms with van der Waals surface area (Å²) in [6.07, 6.45) is 4.99. The van der Waals surface area contributed by atoms with Crippen molar-refractivity contribution in [1.29, 1.82) is 0 Å². The lowest BCUT2D eigenvalue weighted by Gasteiger charge is -2.32. The maximum absolute atomic E-state index is 12.2. The number of aryl methyl sites for hydroxylation is 1. The Bertz CT molecular complexity index is 535. The maximum Gasteiger partial charge on any atom is 0.305 e. The molecule has 116 valence electrons. The van der Waals surface area contributed by atoms with Gasteiger partial charge < -0.3 is 19.3 Å². The van der Waals surface area contributed by atoms with Crippen LogP contribution in [0.25, 0.3) is 0 Å². The Morgan fingerprint density at radius 1 is 1.48 bits per heavy atom. The predicted octanol–water partition coefficient (Wildman–Crippen LogP) is 0.723. The maximum atomic E-state index is 12.2. The molecular weight excluding hydrogens is 274 g/mol. The fourth-order valence-corrected chi connectivity index (χ4v) is 2.45. The third-order valence-electron chi connectivity index (χ3n) is 3.65. The highest BCUT2D eigenvalue weighted by Crippen LogP contribution is 2.17. The first-order valence-electron chi connectivity index (χ1n) is 7.25. The molecule has 1 fully saturated rings. The van der Waals surface area contributed by atoms with E-state index in [9.17, 15) is 9.59 Å². The van der Waals surface area contributed by atoms with Gasteiger partial charge in [-0.05, 0) is 19.8 Å². The summed E-state index contributed by atoms with van der Waals surface area (Å²) in [6, 6.07) is 0. The van der Waals surface area contributed by atoms with Crippen LogP contribution in [0.2, 0.25) is 0 Å². The number of nitrogens with zero attached hydrogens (tertiary/aromatic N) is 3. The van der Waals surface area contributed by atoms with Crippen LogP contribution in [0.5, 0.6) is 0 Å². The summed E-state index contributed by atoms with van der Waals surface area (Å²) in [4.78, 5) is 28.8. The molecule has 21 heavy (non-hydrogen) atoms. The fourth-order valence-electron chi connectivity index (χ4n) is 2.45. The van der Waals surface area contributed by atoms with E-state index in [0.29, 0.717) is 25.5 Å². The summed E-state index contributed by atoms with van der Waals surface area (Å²) in [6.45, 7) is 4.20. The zero-order valence-corrected chi connectivity index (χ0v) is 12.2. The van der Waals surface area contributed by atoms with Gasteiger partial charge in [0, 0.05) is 32.0 Å². The first-order chi connectivity index (χ1) is 10.1. The van der Waals surface area contributed by atoms with Crippen LogP contribution in [-0.2, 0) is 16.1 Å². The van der Waals surface area contributed by atoms with Crippen molar-refractivity contribution in [3.63, 3.8) is 0 Å². The van der Waals surface area contributed by atoms with E-state index in [1.165, 1.54) is 0 Å². The van der Waals surface area contributed by atoms with E-state index < -0.39 is 5.97 Å². The van der Waals surface area contributed by atoms with Crippen molar-refractivity contribution in [2.24, 2.45) is 0 Å². The molecule has 0 saturated carbocycles. The van der Waals surface area contributed by atoms with E-state index in [-0.39, 0.29) is 24.7 Å². The van der Waals surface area contributed by atoms with Crippen molar-refractivity contribution < 1.29 is 14.6 Å². The highest BCUT2D eigenvalue weighted by atomic mass is 16.5. The smallest absolute Gasteiger partial charge is 0.305 e. The van der Waals surface area contributed by atoms with Crippen LogP contribution < -0.4 is 10.5 Å². The van der Waals surface area contributed by atoms with Gasteiger partial charge in [-0.25, -0.2) is 4.98 Å². The highest BCUT2D eigenvalue weighted by Gasteiger charge is 2.22. The molecule has 0 atom stereocenters. The molecule has 7 heteroatoms. The van der Waals surface area contributed by atoms with Gasteiger partial charge in [-0.2, -0.15) is 0 Å². The standard InChI is InChI=1S/C14H21N3O4/c1-2-16-9-6-15-13(14(16)20)17-7-3-11(4-8-17)21-10-5-12(18)19/h6,9,11H,2-5,7-8,10H2,1H3,(H,18,19). The number of rotatable bonds is 6. The number of carboxylic acids is 1. The molecule has 0 aliphatic carbocycles. The van der Waals surface area contributed by atoms with E-state index in [1.54, 1.807) is 17.0 Å². The molecular formula is C14H21N3O4. The van der Waals surface area contributed by atoms with E-state index in [2.05, 4.69) is 4.98 Å². The second kappa shape index (κ2) is 7.21. The molecule has 0 aromatic carbocycles. The number of ether oxygens (including phenoxy) is 1. The number of piperidine rings is 1. The second-order valence-corrected chi connectivity index (χ2v) is 5.04. The van der Waals surface area contributed by atoms with Gasteiger partial charge in [0.05, 0.1) is 19.1 Å². The number of hydrogen-bond donors (Lipinski definition) is 1. The minimum atomic E-state index is -0.846. The minimum Gasteiger partial charge on any atom is -0.481 e. The number of hydrogen-bond acceptors (Lipinski definition) is 5. The van der Waals surface area contributed by atoms with Gasteiger partial charge >= 0.3 is 5.97 Å². The monoisotopic (exact) mass is 295 g/mol. The zero-order valence-electron chi connectivity index (χ0n) is 12.2. The normalized spacial score (nSPS) is 16.1. The lowest BCUT2D eigenvalue weighted by Crippen LogP contribution is -2.41. The van der Waals surface area contributed by atoms with Crippen molar-refractivity contribution in [3.8, 4) is 0 Å². The van der Waals surface area contributed by atoms with E-state index in [4.69, 9.17) is 9.84 Å². The molecule has 7 nitrogen and oxygen atoms in total. The fraction of sp³-hybridized carbons (Fsp3) is 0.643. The molecule has 1 aromatic rings. The first kappa shape index (κ1) is 15.5. The van der Waals surface area contributed by atoms with Crippen LogP contribution >= 0.6 is 0 Å². The summed E-state index contributed by atoms with van der Waals surface area (Å²) in [5.41, 5.74) is -0.0646. The van der Waals surface area contributed by atoms with E-state index in [1.807, 2.05) is 11.8 Å². The molecule has 0 unspecified atom stereocenters. The lowest BCUT2D eigenvalue weighted by atomic mass is 10.1. The van der Waals surface area contributed by atoms with Gasteiger partial charge in [0.1, 0.15) is 0 Å². The SMILES string of the molecule is CCn1ccnc(N2CCC(OCCC(=O)O)CC2)c1=O. The third kappa shape index (κ3) is 4.04. The van der Waals surface area contributed by atoms with Crippen molar-refractivity contribution in [3.05, 3.63) is 22.7 Å². The molecule has 1 aromatic heterocycles. The quantitative estimate of drug-likeness (QED) is 0.832. The minimum absolute atomic E-state index is 0.0294. The van der Waals surface area contributed by atoms with E-state index >= 15 is 0 Å². The summed E-state index contributed by atoms with van der Waals surface area (Å²) in [5, 5.41) is 8.58. The molecule has 1 aliphatic heterocycles. The Morgan fingerprint density at radius 3 is 2.81 bits per heavy atom. The Labute approximate surface area is 123 Å². The van der Waals surface area contributed by atoms with Gasteiger partial charge in [-0.15, -0.1) is 0 Å². The molecule has 1 saturated heterocycles. The van der Waals surface area contributed by atoms with Crippen molar-refractivity contribution in [2.75, 3.05) is 24.6 Å². The summed E-state index contributed by atoms with van der Waals surface area (Å²) in [7, 11) is 0. The van der Waals surface area contributed by atoms with Crippen LogP contribution in [0.1, 0.15) is 26.2 Å². The van der Waals surface area contributed by atoms with Gasteiger partial charge in [0.25, 0.3) is 5.56 Å². The lowest BCUT2D eigenvalue weighted by molar-refractivity contribution is -0.138. The zero-order chi connectivity index (χ0) is 15.2. The Hall–Kier alpha value is -1.89. The predicted molar refractivity (Wildman–Crippen MR) is 77.6 cm³/mol. The molecule has 0 radical (unpaired) electrons. The number of carbonyl (C=O) groups is 1. The summed E-state index contributed by atoms with van der Waals surface area (Å²) < 4.78 is 7.18. The molecule has 1 N–H and O–H groups in total. The van der Waals surface area contributed by atoms with Crippen molar-refractivity contribution >= 4 is 11.8 Å². The van der Waals surface area contributed by atoms with Crippen molar-refractivity contribution in [1.82, 2.24) is 9.55 Å². The van der Waals surface area contributed by atoms with Crippen LogP contribution in [0, 0.1) is 0 Å². The Balaban J connectivity index is 1.89. The molecule has 0 spiro atoms. The molecule has 0 amide bonds. The van der Waals surface area contributed by atoms with Crippen LogP contribution in [0.4, 0.5) is 5.82 Å². The highest BCUT2D eigenvalue weighted by molar-refractivity contribution is 5.66. The topological polar surface area (TPSA) is 84.7 Å². The number of aliphatic carboxylic acids is 1. The Morgan fingerprint density at radius 2 is 2.19 bits per heavy atom. The van der Waals surface area contributed by atoms with Gasteiger partial charge in [-0.1, -0.05) is 0 Å². The number of anilines is 1. The summed E-state index contributed by atoms with van der Waals surface area (Å²) in [5.74, 6) is -0.357. The number of carboxylic acid groups (broad SMARTS) is 1. The molecule has 2 heterocycles. The van der Waals surface area contributed by atoms with Crippen LogP contribution in [0.3, 0.4) is 0 Å². The largest absolute Gasteiger partial charge is 0.481 e. The average Bonchev–Trinajstić information content (AvgIpc) is 2.48. The van der Waals surface area contributed by atoms with Crippen LogP contribution in [0.15, 0.2) is 17.2 Å². The summed E-state index contributed by atoms with van der Waals surface area (Å²) >= 11 is 0. The van der Waals surface area contributed by atoms with Gasteiger partial charge in [0.2, 0.25) is 0 Å². The average molecular weight is 295 g/mol. The third-order valence-corrected chi connectivity index (χ3v) is 3.65. The Kier molecular flexibility index (Phi) is 5.32. The van der Waals surface area contributed by atoms with Crippen LogP contribution in [-0.4, -0.2) is 46.4 Å². The van der Waals surface area contributed by atoms with Gasteiger partial charge in [-0.3, -0.25) is 9.59 Å². The molecule has 1 aliphatic rings. The molecule has 0 bridgehead atoms. The molecule has 2 rings (SSSR count). The second-order valence-electron chi connectivity index (χ2n) is 5.04. The van der Waals surface area contributed by atoms with Gasteiger partial charge in [0.15, 0.2) is 5.82 Å². The number of aromatic nitrogens is 2. The first-order valence-corrected chi connectivity index (χ1v) is 7.25.